The van der Waals surface area contributed by atoms with E-state index in [0.717, 1.165) is 110 Å². The molecule has 444 valence electrons. The lowest BCUT2D eigenvalue weighted by Gasteiger charge is -2.71. The number of hydrogen-bond donors (Lipinski definition) is 0. The number of ether oxygens (including phenoxy) is 10. The molecular weight excluding hydrogens is 953 g/mol. The summed E-state index contributed by atoms with van der Waals surface area (Å²) in [7, 11) is 0. The SMILES string of the molecule is CCCCOC[C@@H]1C[C@H](OCCCC)CC(O[C@H]2[C@H](OC3CC[C@]4(C)C(CC[C@@]5(C)C4C[C@H](OCCCC)C4C([C@H](C)CCC=C(C)C)CC[C@@]45C)C3(C)C)O[C@H](COCCCC)[C@@H](OCCCC)[C@@H]2OCCCC)O1. The predicted octanol–water partition coefficient (Wildman–Crippen LogP) is 16.0. The Morgan fingerprint density at radius 2 is 1.17 bits per heavy atom. The van der Waals surface area contributed by atoms with Gasteiger partial charge in [0, 0.05) is 52.5 Å². The first-order valence-electron chi connectivity index (χ1n) is 32.4. The van der Waals surface area contributed by atoms with Gasteiger partial charge in [0.15, 0.2) is 12.6 Å². The Kier molecular flexibility index (Phi) is 26.4. The van der Waals surface area contributed by atoms with E-state index < -0.39 is 30.9 Å². The number of fused-ring (bicyclic) bond motifs is 5. The Morgan fingerprint density at radius 1 is 0.579 bits per heavy atom. The highest BCUT2D eigenvalue weighted by molar-refractivity contribution is 5.19. The summed E-state index contributed by atoms with van der Waals surface area (Å²) in [4.78, 5) is 0. The molecule has 2 aliphatic heterocycles. The molecule has 0 aromatic rings. The Hall–Kier alpha value is -0.660. The third-order valence-electron chi connectivity index (χ3n) is 21.0. The molecule has 6 aliphatic rings. The number of rotatable bonds is 34. The molecule has 4 aliphatic carbocycles. The van der Waals surface area contributed by atoms with E-state index in [1.807, 2.05) is 0 Å². The Labute approximate surface area is 467 Å². The van der Waals surface area contributed by atoms with Crippen molar-refractivity contribution in [3.05, 3.63) is 11.6 Å². The fraction of sp³-hybridized carbons (Fsp3) is 0.970. The molecule has 0 N–H and O–H groups in total. The van der Waals surface area contributed by atoms with Crippen LogP contribution in [0.5, 0.6) is 0 Å². The van der Waals surface area contributed by atoms with Gasteiger partial charge in [0.05, 0.1) is 37.6 Å². The molecule has 6 unspecified atom stereocenters. The highest BCUT2D eigenvalue weighted by Gasteiger charge is 2.71. The van der Waals surface area contributed by atoms with E-state index in [1.54, 1.807) is 0 Å². The smallest absolute Gasteiger partial charge is 0.187 e. The van der Waals surface area contributed by atoms with E-state index >= 15 is 0 Å². The van der Waals surface area contributed by atoms with Gasteiger partial charge in [0.2, 0.25) is 0 Å². The van der Waals surface area contributed by atoms with Crippen LogP contribution in [0.2, 0.25) is 0 Å². The minimum Gasteiger partial charge on any atom is -0.379 e. The van der Waals surface area contributed by atoms with E-state index in [4.69, 9.17) is 47.4 Å². The van der Waals surface area contributed by atoms with Gasteiger partial charge in [-0.25, -0.2) is 0 Å². The monoisotopic (exact) mass is 1070 g/mol. The van der Waals surface area contributed by atoms with Crippen molar-refractivity contribution in [2.24, 2.45) is 51.2 Å². The summed E-state index contributed by atoms with van der Waals surface area (Å²) in [6.45, 7) is 38.9. The lowest BCUT2D eigenvalue weighted by molar-refractivity contribution is -0.370. The van der Waals surface area contributed by atoms with Crippen molar-refractivity contribution in [1.82, 2.24) is 0 Å². The molecule has 0 amide bonds. The van der Waals surface area contributed by atoms with Gasteiger partial charge in [-0.05, 0) is 161 Å². The van der Waals surface area contributed by atoms with Crippen molar-refractivity contribution in [2.75, 3.05) is 52.9 Å². The second kappa shape index (κ2) is 31.1. The summed E-state index contributed by atoms with van der Waals surface area (Å²) in [6, 6.07) is 0. The molecule has 2 saturated heterocycles. The van der Waals surface area contributed by atoms with Gasteiger partial charge in [0.25, 0.3) is 0 Å². The number of hydrogen-bond acceptors (Lipinski definition) is 10. The second-order valence-electron chi connectivity index (χ2n) is 26.9. The lowest BCUT2D eigenvalue weighted by atomic mass is 9.35. The van der Waals surface area contributed by atoms with E-state index in [0.29, 0.717) is 75.1 Å². The fourth-order valence-corrected chi connectivity index (χ4v) is 16.3. The first-order valence-corrected chi connectivity index (χ1v) is 32.4. The first kappa shape index (κ1) is 64.5. The molecule has 10 nitrogen and oxygen atoms in total. The quantitative estimate of drug-likeness (QED) is 0.0352. The van der Waals surface area contributed by atoms with Gasteiger partial charge in [-0.1, -0.05) is 133 Å². The van der Waals surface area contributed by atoms with Crippen molar-refractivity contribution in [2.45, 2.75) is 306 Å². The van der Waals surface area contributed by atoms with Crippen LogP contribution in [0.3, 0.4) is 0 Å². The van der Waals surface area contributed by atoms with Crippen molar-refractivity contribution in [3.63, 3.8) is 0 Å². The maximum Gasteiger partial charge on any atom is 0.187 e. The maximum absolute atomic E-state index is 7.73. The molecule has 0 bridgehead atoms. The molecule has 2 heterocycles. The van der Waals surface area contributed by atoms with Crippen LogP contribution in [0.25, 0.3) is 0 Å². The number of allylic oxidation sites excluding steroid dienone is 2. The average Bonchev–Trinajstić information content (AvgIpc) is 3.93. The van der Waals surface area contributed by atoms with E-state index in [-0.39, 0.29) is 46.1 Å². The van der Waals surface area contributed by atoms with Crippen LogP contribution in [-0.4, -0.2) is 114 Å². The van der Waals surface area contributed by atoms with Crippen LogP contribution in [0.4, 0.5) is 0 Å². The second-order valence-corrected chi connectivity index (χ2v) is 26.9. The largest absolute Gasteiger partial charge is 0.379 e. The minimum absolute atomic E-state index is 0.00305. The van der Waals surface area contributed by atoms with Crippen LogP contribution in [0, 0.1) is 51.2 Å². The normalized spacial score (nSPS) is 38.6. The highest BCUT2D eigenvalue weighted by Crippen LogP contribution is 2.76. The van der Waals surface area contributed by atoms with Crippen molar-refractivity contribution in [3.8, 4) is 0 Å². The molecule has 4 saturated carbocycles. The molecule has 0 radical (unpaired) electrons. The van der Waals surface area contributed by atoms with Crippen molar-refractivity contribution >= 4 is 0 Å². The molecule has 18 atom stereocenters. The van der Waals surface area contributed by atoms with Crippen LogP contribution in [0.15, 0.2) is 11.6 Å². The van der Waals surface area contributed by atoms with Gasteiger partial charge >= 0.3 is 0 Å². The maximum atomic E-state index is 7.73. The Bertz CT molecular complexity index is 1650. The average molecular weight is 1070 g/mol. The van der Waals surface area contributed by atoms with E-state index in [9.17, 15) is 0 Å². The van der Waals surface area contributed by atoms with Gasteiger partial charge < -0.3 is 47.4 Å². The van der Waals surface area contributed by atoms with Gasteiger partial charge in [-0.15, -0.1) is 0 Å². The molecule has 0 spiro atoms. The van der Waals surface area contributed by atoms with Crippen molar-refractivity contribution in [1.29, 1.82) is 0 Å². The summed E-state index contributed by atoms with van der Waals surface area (Å²) in [5.74, 6) is 3.07. The Morgan fingerprint density at radius 3 is 1.82 bits per heavy atom. The van der Waals surface area contributed by atoms with Crippen LogP contribution >= 0.6 is 0 Å². The summed E-state index contributed by atoms with van der Waals surface area (Å²) in [5, 5.41) is 0. The molecular formula is C66H120O10. The summed E-state index contributed by atoms with van der Waals surface area (Å²) >= 11 is 0. The molecule has 0 aromatic heterocycles. The molecule has 6 rings (SSSR count). The third-order valence-corrected chi connectivity index (χ3v) is 21.0. The van der Waals surface area contributed by atoms with Crippen molar-refractivity contribution < 1.29 is 47.4 Å². The van der Waals surface area contributed by atoms with Gasteiger partial charge in [-0.3, -0.25) is 0 Å². The summed E-state index contributed by atoms with van der Waals surface area (Å²) in [5.41, 5.74) is 1.93. The predicted molar refractivity (Wildman–Crippen MR) is 309 cm³/mol. The molecule has 6 fully saturated rings. The van der Waals surface area contributed by atoms with Crippen LogP contribution in [-0.2, 0) is 47.4 Å². The van der Waals surface area contributed by atoms with Gasteiger partial charge in [0.1, 0.15) is 24.4 Å². The zero-order valence-electron chi connectivity index (χ0n) is 51.7. The van der Waals surface area contributed by atoms with Gasteiger partial charge in [-0.2, -0.15) is 0 Å². The highest BCUT2D eigenvalue weighted by atomic mass is 16.8. The zero-order valence-corrected chi connectivity index (χ0v) is 51.7. The lowest BCUT2D eigenvalue weighted by Crippen LogP contribution is -2.67. The third kappa shape index (κ3) is 15.7. The van der Waals surface area contributed by atoms with Crippen LogP contribution in [0.1, 0.15) is 245 Å². The first-order chi connectivity index (χ1) is 36.6. The fourth-order valence-electron chi connectivity index (χ4n) is 16.3. The van der Waals surface area contributed by atoms with E-state index in [1.165, 1.54) is 56.9 Å². The van der Waals surface area contributed by atoms with E-state index in [2.05, 4.69) is 103 Å². The Balaban J connectivity index is 1.32. The minimum atomic E-state index is -0.719. The molecule has 10 heteroatoms. The zero-order chi connectivity index (χ0) is 54.9. The number of unbranched alkanes of at least 4 members (excludes halogenated alkanes) is 6. The summed E-state index contributed by atoms with van der Waals surface area (Å²) < 4.78 is 70.0. The molecule has 76 heavy (non-hydrogen) atoms. The summed E-state index contributed by atoms with van der Waals surface area (Å²) in [6.07, 6.45) is 24.3. The molecule has 0 aromatic carbocycles. The van der Waals surface area contributed by atoms with Crippen LogP contribution < -0.4 is 0 Å². The standard InChI is InChI=1S/C66H120O10/c1-15-21-36-67-45-50-42-49(69-38-23-17-3)43-57(73-50)76-61-60(72-41-26-20-6)59(71-40-25-19-5)53(46-68-37-22-16-2)74-62(61)75-56-32-33-64(12)54(63(56,10)11)31-35-65(13)55(64)44-52(70-39-24-18-4)58-51(30-34-66(58,65)14)48(9)29-27-28-47(7)8/h28,48-62H,15-27,29-46H2,1-14H3/t48-,49+,50+,51?,52+,53-,54?,55?,56?,57?,58?,59-,60+,61-,62+,64-,65+,66+/m1/s1. The topological polar surface area (TPSA) is 92.3 Å².